The predicted octanol–water partition coefficient (Wildman–Crippen LogP) is -1.13. The number of epoxide rings is 1. The molecule has 0 radical (unpaired) electrons. The lowest BCUT2D eigenvalue weighted by Crippen LogP contribution is -2.49. The summed E-state index contributed by atoms with van der Waals surface area (Å²) in [5.41, 5.74) is -1.84. The summed E-state index contributed by atoms with van der Waals surface area (Å²) in [4.78, 5) is 9.78. The molecule has 1 fully saturated rings. The number of ether oxygens (including phenoxy) is 2. The number of hydrogen-bond donors (Lipinski definition) is 2. The third kappa shape index (κ3) is 2.33. The van der Waals surface area contributed by atoms with Gasteiger partial charge in [0, 0.05) is 4.92 Å². The van der Waals surface area contributed by atoms with Crippen LogP contribution < -0.4 is 0 Å². The molecular formula is C7H11NO6. The van der Waals surface area contributed by atoms with E-state index < -0.39 is 23.7 Å². The van der Waals surface area contributed by atoms with Crippen molar-refractivity contribution < 1.29 is 24.6 Å². The van der Waals surface area contributed by atoms with E-state index in [0.29, 0.717) is 12.4 Å². The first-order valence-electron chi connectivity index (χ1n) is 3.94. The Morgan fingerprint density at radius 3 is 2.57 bits per heavy atom. The second-order valence-electron chi connectivity index (χ2n) is 2.98. The molecule has 0 bridgehead atoms. The van der Waals surface area contributed by atoms with Gasteiger partial charge in [0.2, 0.25) is 0 Å². The Bertz CT molecular complexity index is 241. The molecule has 0 aromatic carbocycles. The Balaban J connectivity index is 2.48. The van der Waals surface area contributed by atoms with Gasteiger partial charge in [0.15, 0.2) is 12.4 Å². The van der Waals surface area contributed by atoms with Crippen molar-refractivity contribution in [1.82, 2.24) is 0 Å². The summed E-state index contributed by atoms with van der Waals surface area (Å²) in [7, 11) is 0. The van der Waals surface area contributed by atoms with E-state index in [2.05, 4.69) is 0 Å². The van der Waals surface area contributed by atoms with Gasteiger partial charge in [-0.05, 0) is 0 Å². The number of nitro groups is 1. The number of hydrogen-bond acceptors (Lipinski definition) is 6. The molecule has 1 heterocycles. The van der Waals surface area contributed by atoms with Gasteiger partial charge >= 0.3 is 0 Å². The lowest BCUT2D eigenvalue weighted by Gasteiger charge is -2.19. The topological polar surface area (TPSA) is 105 Å². The average molecular weight is 205 g/mol. The van der Waals surface area contributed by atoms with Gasteiger partial charge in [-0.2, -0.15) is 0 Å². The summed E-state index contributed by atoms with van der Waals surface area (Å²) < 4.78 is 9.51. The van der Waals surface area contributed by atoms with E-state index in [-0.39, 0.29) is 6.61 Å². The fraction of sp³-hybridized carbons (Fsp3) is 0.714. The van der Waals surface area contributed by atoms with Crippen molar-refractivity contribution in [2.75, 3.05) is 26.4 Å². The first-order chi connectivity index (χ1) is 6.64. The lowest BCUT2D eigenvalue weighted by atomic mass is 10.1. The number of aliphatic hydroxyl groups excluding tert-OH is 2. The molecule has 2 N–H and O–H groups in total. The van der Waals surface area contributed by atoms with Crippen LogP contribution in [0.1, 0.15) is 0 Å². The van der Waals surface area contributed by atoms with Crippen LogP contribution in [0.4, 0.5) is 0 Å². The summed E-state index contributed by atoms with van der Waals surface area (Å²) in [6.45, 7) is -1.48. The molecule has 1 aliphatic heterocycles. The monoisotopic (exact) mass is 205 g/mol. The van der Waals surface area contributed by atoms with Gasteiger partial charge in [-0.3, -0.25) is 10.1 Å². The van der Waals surface area contributed by atoms with E-state index in [9.17, 15) is 10.1 Å². The SMILES string of the molecule is O=[N+]([O-])C(CO)(CO)CO/C=C1/CO1. The Labute approximate surface area is 79.7 Å². The summed E-state index contributed by atoms with van der Waals surface area (Å²) >= 11 is 0. The Morgan fingerprint density at radius 2 is 2.21 bits per heavy atom. The van der Waals surface area contributed by atoms with Crippen molar-refractivity contribution in [2.24, 2.45) is 0 Å². The van der Waals surface area contributed by atoms with Crippen LogP contribution in [0.15, 0.2) is 12.0 Å². The molecule has 0 spiro atoms. The highest BCUT2D eigenvalue weighted by Gasteiger charge is 2.43. The molecule has 0 amide bonds. The van der Waals surface area contributed by atoms with Gasteiger partial charge in [0.1, 0.15) is 26.1 Å². The van der Waals surface area contributed by atoms with Gasteiger partial charge in [0.05, 0.1) is 0 Å². The van der Waals surface area contributed by atoms with Crippen molar-refractivity contribution in [3.05, 3.63) is 22.1 Å². The van der Waals surface area contributed by atoms with Crippen LogP contribution in [0.3, 0.4) is 0 Å². The van der Waals surface area contributed by atoms with E-state index in [1.165, 1.54) is 6.26 Å². The highest BCUT2D eigenvalue weighted by molar-refractivity contribution is 5.00. The molecule has 1 saturated heterocycles. The van der Waals surface area contributed by atoms with Gasteiger partial charge in [-0.1, -0.05) is 0 Å². The highest BCUT2D eigenvalue weighted by Crippen LogP contribution is 2.15. The average Bonchev–Trinajstić information content (AvgIpc) is 2.96. The van der Waals surface area contributed by atoms with E-state index in [1.807, 2.05) is 0 Å². The number of aliphatic hydroxyl groups is 2. The molecule has 0 aliphatic carbocycles. The molecule has 0 atom stereocenters. The second-order valence-corrected chi connectivity index (χ2v) is 2.98. The van der Waals surface area contributed by atoms with E-state index in [0.717, 1.165) is 0 Å². The van der Waals surface area contributed by atoms with Gasteiger partial charge < -0.3 is 19.7 Å². The lowest BCUT2D eigenvalue weighted by molar-refractivity contribution is -0.580. The largest absolute Gasteiger partial charge is 0.490 e. The maximum atomic E-state index is 10.5. The number of rotatable bonds is 6. The van der Waals surface area contributed by atoms with Crippen LogP contribution >= 0.6 is 0 Å². The number of nitrogens with zero attached hydrogens (tertiary/aromatic N) is 1. The van der Waals surface area contributed by atoms with Crippen molar-refractivity contribution in [1.29, 1.82) is 0 Å². The molecular weight excluding hydrogens is 194 g/mol. The van der Waals surface area contributed by atoms with Crippen LogP contribution in [-0.2, 0) is 9.47 Å². The van der Waals surface area contributed by atoms with Crippen LogP contribution in [0.2, 0.25) is 0 Å². The Morgan fingerprint density at radius 1 is 1.64 bits per heavy atom. The van der Waals surface area contributed by atoms with Crippen molar-refractivity contribution >= 4 is 0 Å². The van der Waals surface area contributed by atoms with E-state index >= 15 is 0 Å². The zero-order valence-electron chi connectivity index (χ0n) is 7.38. The molecule has 14 heavy (non-hydrogen) atoms. The van der Waals surface area contributed by atoms with E-state index in [1.54, 1.807) is 0 Å². The molecule has 7 nitrogen and oxygen atoms in total. The molecule has 0 unspecified atom stereocenters. The minimum Gasteiger partial charge on any atom is -0.490 e. The van der Waals surface area contributed by atoms with Gasteiger partial charge in [0.25, 0.3) is 5.54 Å². The first-order valence-corrected chi connectivity index (χ1v) is 3.94. The normalized spacial score (nSPS) is 17.7. The fourth-order valence-electron chi connectivity index (χ4n) is 0.709. The minimum absolute atomic E-state index is 0.389. The summed E-state index contributed by atoms with van der Waals surface area (Å²) in [6.07, 6.45) is 1.24. The quantitative estimate of drug-likeness (QED) is 0.246. The van der Waals surface area contributed by atoms with Crippen molar-refractivity contribution in [2.45, 2.75) is 5.54 Å². The van der Waals surface area contributed by atoms with Gasteiger partial charge in [-0.25, -0.2) is 0 Å². The molecule has 0 saturated carbocycles. The maximum absolute atomic E-state index is 10.5. The third-order valence-electron chi connectivity index (χ3n) is 1.85. The Hall–Kier alpha value is -1.34. The van der Waals surface area contributed by atoms with Crippen molar-refractivity contribution in [3.8, 4) is 0 Å². The highest BCUT2D eigenvalue weighted by atomic mass is 16.6. The predicted molar refractivity (Wildman–Crippen MR) is 43.9 cm³/mol. The molecule has 0 aromatic rings. The summed E-state index contributed by atoms with van der Waals surface area (Å²) in [5.74, 6) is 0.595. The van der Waals surface area contributed by atoms with E-state index in [4.69, 9.17) is 19.7 Å². The van der Waals surface area contributed by atoms with Crippen LogP contribution in [0.5, 0.6) is 0 Å². The van der Waals surface area contributed by atoms with Crippen LogP contribution in [-0.4, -0.2) is 47.1 Å². The van der Waals surface area contributed by atoms with Crippen LogP contribution in [0.25, 0.3) is 0 Å². The molecule has 7 heteroatoms. The molecule has 80 valence electrons. The summed E-state index contributed by atoms with van der Waals surface area (Å²) in [5, 5.41) is 28.1. The maximum Gasteiger partial charge on any atom is 0.300 e. The van der Waals surface area contributed by atoms with Crippen LogP contribution in [0, 0.1) is 10.1 Å². The second kappa shape index (κ2) is 4.25. The standard InChI is InChI=1S/C7H11NO6/c9-3-7(4-10,8(11)12)5-13-1-6-2-14-6/h1,9-10H,2-5H2/b6-1-. The zero-order chi connectivity index (χ0) is 10.6. The Kier molecular flexibility index (Phi) is 3.26. The first kappa shape index (κ1) is 10.7. The third-order valence-corrected chi connectivity index (χ3v) is 1.85. The smallest absolute Gasteiger partial charge is 0.300 e. The van der Waals surface area contributed by atoms with Gasteiger partial charge in [-0.15, -0.1) is 0 Å². The summed E-state index contributed by atoms with van der Waals surface area (Å²) in [6, 6.07) is 0. The molecule has 1 rings (SSSR count). The molecule has 0 aromatic heterocycles. The zero-order valence-corrected chi connectivity index (χ0v) is 7.38. The van der Waals surface area contributed by atoms with Crippen molar-refractivity contribution in [3.63, 3.8) is 0 Å². The molecule has 1 aliphatic rings. The minimum atomic E-state index is -1.84. The fourth-order valence-corrected chi connectivity index (χ4v) is 0.709.